The van der Waals surface area contributed by atoms with E-state index in [9.17, 15) is 0 Å². The molecule has 5 nitrogen and oxygen atoms in total. The van der Waals surface area contributed by atoms with Gasteiger partial charge in [0.25, 0.3) is 0 Å². The Balaban J connectivity index is 2.31. The maximum atomic E-state index is 5.76. The SMILES string of the molecule is CSc1nc(N)nc(-c2cc(C)nc3ccccc23)n1. The van der Waals surface area contributed by atoms with Crippen LogP contribution in [0.25, 0.3) is 22.3 Å². The molecule has 0 saturated heterocycles. The highest BCUT2D eigenvalue weighted by Gasteiger charge is 2.11. The second-order valence-electron chi connectivity index (χ2n) is 4.33. The van der Waals surface area contributed by atoms with Crippen LogP contribution in [-0.4, -0.2) is 26.2 Å². The van der Waals surface area contributed by atoms with E-state index in [1.165, 1.54) is 11.8 Å². The summed E-state index contributed by atoms with van der Waals surface area (Å²) in [4.78, 5) is 17.3. The van der Waals surface area contributed by atoms with Crippen LogP contribution in [0.2, 0.25) is 0 Å². The molecule has 0 radical (unpaired) electrons. The fourth-order valence-corrected chi connectivity index (χ4v) is 2.44. The Labute approximate surface area is 120 Å². The number of anilines is 1. The summed E-state index contributed by atoms with van der Waals surface area (Å²) in [5.41, 5.74) is 8.53. The van der Waals surface area contributed by atoms with Gasteiger partial charge in [0.2, 0.25) is 5.95 Å². The molecule has 2 N–H and O–H groups in total. The van der Waals surface area contributed by atoms with Gasteiger partial charge >= 0.3 is 0 Å². The molecule has 6 heteroatoms. The largest absolute Gasteiger partial charge is 0.368 e. The molecular weight excluding hydrogens is 270 g/mol. The highest BCUT2D eigenvalue weighted by Crippen LogP contribution is 2.27. The molecule has 100 valence electrons. The fourth-order valence-electron chi connectivity index (χ4n) is 2.08. The van der Waals surface area contributed by atoms with Crippen molar-refractivity contribution in [1.82, 2.24) is 19.9 Å². The van der Waals surface area contributed by atoms with Crippen molar-refractivity contribution >= 4 is 28.6 Å². The number of para-hydroxylation sites is 1. The zero-order valence-electron chi connectivity index (χ0n) is 11.2. The Morgan fingerprint density at radius 1 is 1.05 bits per heavy atom. The number of nitrogens with zero attached hydrogens (tertiary/aromatic N) is 4. The van der Waals surface area contributed by atoms with Crippen molar-refractivity contribution < 1.29 is 0 Å². The number of nitrogens with two attached hydrogens (primary N) is 1. The van der Waals surface area contributed by atoms with Gasteiger partial charge in [0.15, 0.2) is 11.0 Å². The second-order valence-corrected chi connectivity index (χ2v) is 5.11. The van der Waals surface area contributed by atoms with Crippen LogP contribution in [0.3, 0.4) is 0 Å². The van der Waals surface area contributed by atoms with E-state index in [-0.39, 0.29) is 5.95 Å². The van der Waals surface area contributed by atoms with E-state index in [4.69, 9.17) is 5.73 Å². The van der Waals surface area contributed by atoms with Gasteiger partial charge in [-0.3, -0.25) is 4.98 Å². The average molecular weight is 283 g/mol. The first kappa shape index (κ1) is 12.8. The molecule has 0 aliphatic rings. The zero-order valence-corrected chi connectivity index (χ0v) is 12.0. The molecule has 0 amide bonds. The van der Waals surface area contributed by atoms with Gasteiger partial charge in [-0.05, 0) is 25.3 Å². The highest BCUT2D eigenvalue weighted by molar-refractivity contribution is 7.98. The summed E-state index contributed by atoms with van der Waals surface area (Å²) >= 11 is 1.44. The molecular formula is C14H13N5S. The lowest BCUT2D eigenvalue weighted by atomic mass is 10.1. The van der Waals surface area contributed by atoms with E-state index >= 15 is 0 Å². The normalized spacial score (nSPS) is 10.9. The minimum absolute atomic E-state index is 0.234. The highest BCUT2D eigenvalue weighted by atomic mass is 32.2. The second kappa shape index (κ2) is 5.05. The lowest BCUT2D eigenvalue weighted by Gasteiger charge is -2.08. The third kappa shape index (κ3) is 2.30. The van der Waals surface area contributed by atoms with Gasteiger partial charge in [0.05, 0.1) is 5.52 Å². The molecule has 0 saturated carbocycles. The summed E-state index contributed by atoms with van der Waals surface area (Å²) < 4.78 is 0. The Kier molecular flexibility index (Phi) is 3.23. The number of hydrogen-bond acceptors (Lipinski definition) is 6. The molecule has 0 spiro atoms. The molecule has 0 aliphatic heterocycles. The van der Waals surface area contributed by atoms with Crippen LogP contribution in [0.15, 0.2) is 35.5 Å². The van der Waals surface area contributed by atoms with Gasteiger partial charge in [-0.2, -0.15) is 9.97 Å². The van der Waals surface area contributed by atoms with Crippen molar-refractivity contribution in [2.75, 3.05) is 12.0 Å². The van der Waals surface area contributed by atoms with Crippen molar-refractivity contribution in [3.63, 3.8) is 0 Å². The lowest BCUT2D eigenvalue weighted by molar-refractivity contribution is 0.928. The number of hydrogen-bond donors (Lipinski definition) is 1. The van der Waals surface area contributed by atoms with E-state index in [1.807, 2.05) is 43.5 Å². The fraction of sp³-hybridized carbons (Fsp3) is 0.143. The maximum Gasteiger partial charge on any atom is 0.224 e. The predicted molar refractivity (Wildman–Crippen MR) is 81.5 cm³/mol. The first-order chi connectivity index (χ1) is 9.67. The summed E-state index contributed by atoms with van der Waals surface area (Å²) in [6, 6.07) is 9.90. The summed E-state index contributed by atoms with van der Waals surface area (Å²) in [7, 11) is 0. The zero-order chi connectivity index (χ0) is 14.1. The first-order valence-electron chi connectivity index (χ1n) is 6.09. The molecule has 2 heterocycles. The van der Waals surface area contributed by atoms with Crippen LogP contribution in [0.1, 0.15) is 5.69 Å². The molecule has 0 atom stereocenters. The molecule has 2 aromatic heterocycles. The van der Waals surface area contributed by atoms with Crippen LogP contribution in [0, 0.1) is 6.92 Å². The van der Waals surface area contributed by atoms with Crippen molar-refractivity contribution in [3.8, 4) is 11.4 Å². The molecule has 3 rings (SSSR count). The van der Waals surface area contributed by atoms with Gasteiger partial charge in [0.1, 0.15) is 0 Å². The van der Waals surface area contributed by atoms with E-state index in [2.05, 4.69) is 19.9 Å². The first-order valence-corrected chi connectivity index (χ1v) is 7.32. The van der Waals surface area contributed by atoms with E-state index in [1.54, 1.807) is 0 Å². The Bertz CT molecular complexity index is 788. The number of fused-ring (bicyclic) bond motifs is 1. The monoisotopic (exact) mass is 283 g/mol. The van der Waals surface area contributed by atoms with E-state index < -0.39 is 0 Å². The van der Waals surface area contributed by atoms with Gasteiger partial charge in [0, 0.05) is 16.6 Å². The number of aromatic nitrogens is 4. The number of aryl methyl sites for hydroxylation is 1. The van der Waals surface area contributed by atoms with Crippen LogP contribution < -0.4 is 5.73 Å². The van der Waals surface area contributed by atoms with Crippen LogP contribution in [-0.2, 0) is 0 Å². The minimum Gasteiger partial charge on any atom is -0.368 e. The smallest absolute Gasteiger partial charge is 0.224 e. The summed E-state index contributed by atoms with van der Waals surface area (Å²) in [5.74, 6) is 0.821. The Morgan fingerprint density at radius 3 is 2.65 bits per heavy atom. The summed E-state index contributed by atoms with van der Waals surface area (Å²) in [6.45, 7) is 1.95. The minimum atomic E-state index is 0.234. The number of pyridine rings is 1. The number of thioether (sulfide) groups is 1. The number of benzene rings is 1. The van der Waals surface area contributed by atoms with Crippen molar-refractivity contribution in [1.29, 1.82) is 0 Å². The Morgan fingerprint density at radius 2 is 1.85 bits per heavy atom. The topological polar surface area (TPSA) is 77.6 Å². The molecule has 20 heavy (non-hydrogen) atoms. The molecule has 3 aromatic rings. The van der Waals surface area contributed by atoms with Crippen LogP contribution >= 0.6 is 11.8 Å². The summed E-state index contributed by atoms with van der Waals surface area (Å²) in [6.07, 6.45) is 1.91. The van der Waals surface area contributed by atoms with Gasteiger partial charge in [-0.1, -0.05) is 30.0 Å². The predicted octanol–water partition coefficient (Wildman–Crippen LogP) is 2.70. The standard InChI is InChI=1S/C14H13N5S/c1-8-7-10(9-5-3-4-6-11(9)16-8)12-17-13(15)19-14(18-12)20-2/h3-7H,1-2H3,(H2,15,17,18,19). The molecule has 0 aliphatic carbocycles. The third-order valence-electron chi connectivity index (χ3n) is 2.90. The number of rotatable bonds is 2. The maximum absolute atomic E-state index is 5.76. The lowest BCUT2D eigenvalue weighted by Crippen LogP contribution is -2.02. The van der Waals surface area contributed by atoms with Gasteiger partial charge in [-0.25, -0.2) is 4.98 Å². The van der Waals surface area contributed by atoms with Crippen LogP contribution in [0.5, 0.6) is 0 Å². The quantitative estimate of drug-likeness (QED) is 0.729. The molecule has 0 unspecified atom stereocenters. The number of nitrogen functional groups attached to an aromatic ring is 1. The Hall–Kier alpha value is -2.21. The molecule has 0 bridgehead atoms. The van der Waals surface area contributed by atoms with Gasteiger partial charge < -0.3 is 5.73 Å². The summed E-state index contributed by atoms with van der Waals surface area (Å²) in [5, 5.41) is 1.63. The van der Waals surface area contributed by atoms with Crippen molar-refractivity contribution in [3.05, 3.63) is 36.0 Å². The van der Waals surface area contributed by atoms with E-state index in [0.29, 0.717) is 11.0 Å². The van der Waals surface area contributed by atoms with Crippen molar-refractivity contribution in [2.45, 2.75) is 12.1 Å². The molecule has 1 aromatic carbocycles. The third-order valence-corrected chi connectivity index (χ3v) is 3.45. The average Bonchev–Trinajstić information content (AvgIpc) is 2.45. The molecule has 0 fully saturated rings. The van der Waals surface area contributed by atoms with E-state index in [0.717, 1.165) is 22.2 Å². The van der Waals surface area contributed by atoms with Crippen LogP contribution in [0.4, 0.5) is 5.95 Å². The van der Waals surface area contributed by atoms with Gasteiger partial charge in [-0.15, -0.1) is 0 Å². The van der Waals surface area contributed by atoms with Crippen molar-refractivity contribution in [2.24, 2.45) is 0 Å².